The van der Waals surface area contributed by atoms with Crippen LogP contribution >= 0.6 is 0 Å². The molecule has 90 valence electrons. The van der Waals surface area contributed by atoms with Gasteiger partial charge in [-0.1, -0.05) is 0 Å². The summed E-state index contributed by atoms with van der Waals surface area (Å²) in [7, 11) is 5.10. The molecule has 2 rings (SSSR count). The smallest absolute Gasteiger partial charge is 0.146 e. The van der Waals surface area contributed by atoms with Crippen LogP contribution in [0.3, 0.4) is 0 Å². The van der Waals surface area contributed by atoms with Gasteiger partial charge in [0.05, 0.1) is 19.9 Å². The van der Waals surface area contributed by atoms with Crippen molar-refractivity contribution < 1.29 is 9.47 Å². The Labute approximate surface area is 99.8 Å². The molecule has 0 aliphatic rings. The highest BCUT2D eigenvalue weighted by atomic mass is 16.5. The first kappa shape index (κ1) is 11.3. The van der Waals surface area contributed by atoms with Crippen molar-refractivity contribution in [3.63, 3.8) is 0 Å². The highest BCUT2D eigenvalue weighted by Gasteiger charge is 2.12. The number of rotatable bonds is 3. The number of hydrogen-bond acceptors (Lipinski definition) is 4. The molecule has 0 saturated carbocycles. The maximum atomic E-state index is 5.67. The van der Waals surface area contributed by atoms with E-state index < -0.39 is 0 Å². The number of hydrogen-bond donors (Lipinski definition) is 1. The molecule has 0 atom stereocenters. The van der Waals surface area contributed by atoms with Gasteiger partial charge in [0.2, 0.25) is 0 Å². The normalized spacial score (nSPS) is 10.3. The minimum Gasteiger partial charge on any atom is -0.497 e. The summed E-state index contributed by atoms with van der Waals surface area (Å²) >= 11 is 0. The van der Waals surface area contributed by atoms with Gasteiger partial charge >= 0.3 is 0 Å². The van der Waals surface area contributed by atoms with Crippen molar-refractivity contribution in [3.8, 4) is 22.8 Å². The topological polar surface area (TPSA) is 62.3 Å². The van der Waals surface area contributed by atoms with E-state index in [1.165, 1.54) is 0 Å². The zero-order chi connectivity index (χ0) is 12.4. The van der Waals surface area contributed by atoms with E-state index in [1.54, 1.807) is 25.0 Å². The Kier molecular flexibility index (Phi) is 2.91. The molecule has 0 unspecified atom stereocenters. The Bertz CT molecular complexity index is 535. The summed E-state index contributed by atoms with van der Waals surface area (Å²) in [5, 5.41) is 4.12. The molecule has 5 nitrogen and oxygen atoms in total. The summed E-state index contributed by atoms with van der Waals surface area (Å²) < 4.78 is 12.2. The summed E-state index contributed by atoms with van der Waals surface area (Å²) in [6, 6.07) is 7.41. The number of ether oxygens (including phenoxy) is 2. The van der Waals surface area contributed by atoms with Crippen LogP contribution in [0.15, 0.2) is 24.3 Å². The fraction of sp³-hybridized carbons (Fsp3) is 0.250. The summed E-state index contributed by atoms with van der Waals surface area (Å²) in [5.74, 6) is 2.00. The van der Waals surface area contributed by atoms with Crippen LogP contribution in [0.2, 0.25) is 0 Å². The number of anilines is 1. The molecule has 1 heterocycles. The summed E-state index contributed by atoms with van der Waals surface area (Å²) in [5.41, 5.74) is 7.46. The Balaban J connectivity index is 2.59. The Morgan fingerprint density at radius 3 is 2.47 bits per heavy atom. The fourth-order valence-electron chi connectivity index (χ4n) is 1.76. The van der Waals surface area contributed by atoms with Gasteiger partial charge in [-0.3, -0.25) is 4.68 Å². The molecule has 0 saturated heterocycles. The third kappa shape index (κ3) is 2.04. The molecule has 1 aromatic carbocycles. The maximum absolute atomic E-state index is 5.67. The van der Waals surface area contributed by atoms with Crippen molar-refractivity contribution in [3.05, 3.63) is 24.3 Å². The summed E-state index contributed by atoms with van der Waals surface area (Å²) in [4.78, 5) is 0. The Morgan fingerprint density at radius 1 is 1.18 bits per heavy atom. The molecule has 17 heavy (non-hydrogen) atoms. The van der Waals surface area contributed by atoms with E-state index in [2.05, 4.69) is 5.10 Å². The fourth-order valence-corrected chi connectivity index (χ4v) is 1.76. The molecule has 0 radical (unpaired) electrons. The van der Waals surface area contributed by atoms with E-state index >= 15 is 0 Å². The zero-order valence-corrected chi connectivity index (χ0v) is 10.1. The SMILES string of the molecule is COc1ccc(OC)c(-c2cc(N)nn2C)c1. The number of nitrogen functional groups attached to an aromatic ring is 1. The van der Waals surface area contributed by atoms with Gasteiger partial charge in [0.25, 0.3) is 0 Å². The van der Waals surface area contributed by atoms with Crippen LogP contribution in [0.1, 0.15) is 0 Å². The van der Waals surface area contributed by atoms with E-state index in [0.29, 0.717) is 5.82 Å². The molecule has 0 bridgehead atoms. The van der Waals surface area contributed by atoms with E-state index in [9.17, 15) is 0 Å². The lowest BCUT2D eigenvalue weighted by molar-refractivity contribution is 0.404. The first-order valence-electron chi connectivity index (χ1n) is 5.17. The molecule has 2 N–H and O–H groups in total. The van der Waals surface area contributed by atoms with Crippen LogP contribution in [0, 0.1) is 0 Å². The molecular formula is C12H15N3O2. The van der Waals surface area contributed by atoms with Gasteiger partial charge in [0.1, 0.15) is 17.3 Å². The predicted molar refractivity (Wildman–Crippen MR) is 66.2 cm³/mol. The standard InChI is InChI=1S/C12H15N3O2/c1-15-10(7-12(13)14-15)9-6-8(16-2)4-5-11(9)17-3/h4-7H,1-3H3,(H2,13,14). The summed E-state index contributed by atoms with van der Waals surface area (Å²) in [6.45, 7) is 0. The zero-order valence-electron chi connectivity index (χ0n) is 10.1. The van der Waals surface area contributed by atoms with E-state index in [1.807, 2.05) is 25.2 Å². The van der Waals surface area contributed by atoms with Crippen LogP contribution in [-0.4, -0.2) is 24.0 Å². The van der Waals surface area contributed by atoms with Crippen LogP contribution < -0.4 is 15.2 Å². The van der Waals surface area contributed by atoms with Crippen molar-refractivity contribution in [2.45, 2.75) is 0 Å². The molecule has 0 aliphatic heterocycles. The first-order chi connectivity index (χ1) is 8.15. The lowest BCUT2D eigenvalue weighted by atomic mass is 10.1. The molecule has 0 aliphatic carbocycles. The Morgan fingerprint density at radius 2 is 1.94 bits per heavy atom. The number of nitrogens with two attached hydrogens (primary N) is 1. The minimum atomic E-state index is 0.479. The lowest BCUT2D eigenvalue weighted by Crippen LogP contribution is -1.97. The number of methoxy groups -OCH3 is 2. The second-order valence-corrected chi connectivity index (χ2v) is 3.64. The van der Waals surface area contributed by atoms with Gasteiger partial charge in [-0.2, -0.15) is 5.10 Å². The molecule has 5 heteroatoms. The molecular weight excluding hydrogens is 218 g/mol. The number of aryl methyl sites for hydroxylation is 1. The average molecular weight is 233 g/mol. The predicted octanol–water partition coefficient (Wildman–Crippen LogP) is 1.69. The molecule has 1 aromatic heterocycles. The quantitative estimate of drug-likeness (QED) is 0.876. The molecule has 2 aromatic rings. The van der Waals surface area contributed by atoms with E-state index in [-0.39, 0.29) is 0 Å². The van der Waals surface area contributed by atoms with Gasteiger partial charge in [0.15, 0.2) is 0 Å². The van der Waals surface area contributed by atoms with Gasteiger partial charge in [-0.15, -0.1) is 0 Å². The van der Waals surface area contributed by atoms with Crippen LogP contribution in [0.25, 0.3) is 11.3 Å². The largest absolute Gasteiger partial charge is 0.497 e. The molecule has 0 fully saturated rings. The Hall–Kier alpha value is -2.17. The third-order valence-corrected chi connectivity index (χ3v) is 2.58. The highest BCUT2D eigenvalue weighted by Crippen LogP contribution is 2.33. The van der Waals surface area contributed by atoms with Crippen LogP contribution in [-0.2, 0) is 7.05 Å². The monoisotopic (exact) mass is 233 g/mol. The van der Waals surface area contributed by atoms with Gasteiger partial charge < -0.3 is 15.2 Å². The van der Waals surface area contributed by atoms with Gasteiger partial charge in [-0.05, 0) is 18.2 Å². The number of benzene rings is 1. The minimum absolute atomic E-state index is 0.479. The lowest BCUT2D eigenvalue weighted by Gasteiger charge is -2.10. The maximum Gasteiger partial charge on any atom is 0.146 e. The third-order valence-electron chi connectivity index (χ3n) is 2.58. The van der Waals surface area contributed by atoms with Crippen LogP contribution in [0.5, 0.6) is 11.5 Å². The van der Waals surface area contributed by atoms with E-state index in [4.69, 9.17) is 15.2 Å². The van der Waals surface area contributed by atoms with E-state index in [0.717, 1.165) is 22.8 Å². The summed E-state index contributed by atoms with van der Waals surface area (Å²) in [6.07, 6.45) is 0. The number of aromatic nitrogens is 2. The average Bonchev–Trinajstić information content (AvgIpc) is 2.67. The van der Waals surface area contributed by atoms with Crippen molar-refractivity contribution in [2.24, 2.45) is 7.05 Å². The number of nitrogens with zero attached hydrogens (tertiary/aromatic N) is 2. The van der Waals surface area contributed by atoms with Gasteiger partial charge in [0, 0.05) is 18.7 Å². The van der Waals surface area contributed by atoms with Crippen molar-refractivity contribution in [1.29, 1.82) is 0 Å². The van der Waals surface area contributed by atoms with Crippen LogP contribution in [0.4, 0.5) is 5.82 Å². The highest BCUT2D eigenvalue weighted by molar-refractivity contribution is 5.71. The van der Waals surface area contributed by atoms with Crippen molar-refractivity contribution in [2.75, 3.05) is 20.0 Å². The van der Waals surface area contributed by atoms with Crippen molar-refractivity contribution >= 4 is 5.82 Å². The second kappa shape index (κ2) is 4.37. The van der Waals surface area contributed by atoms with Gasteiger partial charge in [-0.25, -0.2) is 0 Å². The first-order valence-corrected chi connectivity index (χ1v) is 5.17. The second-order valence-electron chi connectivity index (χ2n) is 3.64. The van der Waals surface area contributed by atoms with Crippen molar-refractivity contribution in [1.82, 2.24) is 9.78 Å². The molecule has 0 amide bonds. The molecule has 0 spiro atoms.